The van der Waals surface area contributed by atoms with Crippen molar-refractivity contribution in [2.45, 2.75) is 11.4 Å². The molecule has 32 heavy (non-hydrogen) atoms. The van der Waals surface area contributed by atoms with E-state index in [0.717, 1.165) is 5.76 Å². The number of carbonyl (C=O) groups is 3. The number of nitrogens with one attached hydrogen (secondary N) is 2. The lowest BCUT2D eigenvalue weighted by molar-refractivity contribution is -0.159. The average Bonchev–Trinajstić information content (AvgIpc) is 3.29. The predicted octanol–water partition coefficient (Wildman–Crippen LogP) is 0.184. The largest absolute Gasteiger partial charge is 0.473 e. The summed E-state index contributed by atoms with van der Waals surface area (Å²) in [6.45, 7) is 2.08. The lowest BCUT2D eigenvalue weighted by atomic mass is 10.3. The molecule has 0 radical (unpaired) electrons. The maximum absolute atomic E-state index is 12.5. The Balaban J connectivity index is 0.000000534. The molecule has 0 saturated carbocycles. The van der Waals surface area contributed by atoms with Gasteiger partial charge < -0.3 is 30.0 Å². The minimum atomic E-state index is -3.53. The molecule has 1 aromatic heterocycles. The van der Waals surface area contributed by atoms with E-state index >= 15 is 0 Å². The zero-order chi connectivity index (χ0) is 23.6. The van der Waals surface area contributed by atoms with Gasteiger partial charge in [-0.2, -0.15) is 4.31 Å². The number of carbonyl (C=O) groups excluding carboxylic acids is 1. The van der Waals surface area contributed by atoms with Crippen molar-refractivity contribution < 1.29 is 42.2 Å². The van der Waals surface area contributed by atoms with E-state index in [-0.39, 0.29) is 17.3 Å². The molecule has 12 nitrogen and oxygen atoms in total. The molecule has 0 bridgehead atoms. The fourth-order valence-electron chi connectivity index (χ4n) is 2.56. The Morgan fingerprint density at radius 1 is 1.00 bits per heavy atom. The van der Waals surface area contributed by atoms with Gasteiger partial charge in [-0.3, -0.25) is 4.79 Å². The number of hydrogen-bond donors (Lipinski definition) is 4. The van der Waals surface area contributed by atoms with Crippen LogP contribution in [0.3, 0.4) is 0 Å². The summed E-state index contributed by atoms with van der Waals surface area (Å²) in [6.07, 6.45) is 1.57. The third-order valence-corrected chi connectivity index (χ3v) is 6.01. The van der Waals surface area contributed by atoms with Crippen molar-refractivity contribution in [1.29, 1.82) is 0 Å². The van der Waals surface area contributed by atoms with Crippen LogP contribution in [0.5, 0.6) is 0 Å². The number of morpholine rings is 1. The molecule has 1 fully saturated rings. The van der Waals surface area contributed by atoms with Gasteiger partial charge in [0, 0.05) is 18.8 Å². The zero-order valence-electron chi connectivity index (χ0n) is 16.9. The molecule has 0 unspecified atom stereocenters. The Morgan fingerprint density at radius 3 is 2.16 bits per heavy atom. The topological polar surface area (TPSA) is 175 Å². The van der Waals surface area contributed by atoms with Crippen molar-refractivity contribution in [1.82, 2.24) is 9.62 Å². The number of furan rings is 1. The third kappa shape index (κ3) is 7.77. The number of benzene rings is 1. The number of sulfonamides is 1. The number of hydrogen-bond acceptors (Lipinski definition) is 8. The Labute approximate surface area is 183 Å². The fraction of sp³-hybridized carbons (Fsp3) is 0.316. The van der Waals surface area contributed by atoms with Crippen molar-refractivity contribution >= 4 is 33.6 Å². The van der Waals surface area contributed by atoms with Crippen molar-refractivity contribution in [3.63, 3.8) is 0 Å². The summed E-state index contributed by atoms with van der Waals surface area (Å²) in [5.41, 5.74) is 0.538. The van der Waals surface area contributed by atoms with Crippen LogP contribution in [-0.4, -0.2) is 73.6 Å². The van der Waals surface area contributed by atoms with Crippen LogP contribution < -0.4 is 10.6 Å². The highest BCUT2D eigenvalue weighted by molar-refractivity contribution is 7.89. The summed E-state index contributed by atoms with van der Waals surface area (Å²) in [7, 11) is -3.53. The van der Waals surface area contributed by atoms with Gasteiger partial charge in [0.1, 0.15) is 5.76 Å². The second kappa shape index (κ2) is 12.0. The summed E-state index contributed by atoms with van der Waals surface area (Å²) in [5.74, 6) is -3.12. The van der Waals surface area contributed by atoms with Crippen LogP contribution in [0.25, 0.3) is 0 Å². The van der Waals surface area contributed by atoms with E-state index in [9.17, 15) is 13.2 Å². The number of aliphatic carboxylic acids is 2. The molecule has 174 valence electrons. The van der Waals surface area contributed by atoms with Crippen molar-refractivity contribution in [3.8, 4) is 0 Å². The first kappa shape index (κ1) is 25.0. The molecule has 13 heteroatoms. The number of carboxylic acids is 2. The monoisotopic (exact) mass is 469 g/mol. The van der Waals surface area contributed by atoms with Crippen molar-refractivity contribution in [3.05, 3.63) is 48.4 Å². The fourth-order valence-corrected chi connectivity index (χ4v) is 3.97. The minimum Gasteiger partial charge on any atom is -0.473 e. The van der Waals surface area contributed by atoms with E-state index in [1.165, 1.54) is 16.4 Å². The molecule has 2 heterocycles. The molecule has 4 N–H and O–H groups in total. The molecule has 1 amide bonds. The molecule has 1 aliphatic heterocycles. The van der Waals surface area contributed by atoms with Gasteiger partial charge in [-0.1, -0.05) is 0 Å². The molecule has 0 aliphatic carbocycles. The van der Waals surface area contributed by atoms with Crippen LogP contribution in [0.2, 0.25) is 0 Å². The van der Waals surface area contributed by atoms with Crippen LogP contribution in [0, 0.1) is 0 Å². The van der Waals surface area contributed by atoms with Gasteiger partial charge in [-0.25, -0.2) is 18.0 Å². The van der Waals surface area contributed by atoms with Crippen LogP contribution in [0.15, 0.2) is 52.0 Å². The number of nitrogens with zero attached hydrogens (tertiary/aromatic N) is 1. The summed E-state index contributed by atoms with van der Waals surface area (Å²) >= 11 is 0. The lowest BCUT2D eigenvalue weighted by Gasteiger charge is -2.26. The molecule has 0 spiro atoms. The molecule has 1 aromatic carbocycles. The highest BCUT2D eigenvalue weighted by Crippen LogP contribution is 2.19. The summed E-state index contributed by atoms with van der Waals surface area (Å²) in [5, 5.41) is 20.5. The molecule has 3 rings (SSSR count). The Bertz CT molecular complexity index is 987. The predicted molar refractivity (Wildman–Crippen MR) is 110 cm³/mol. The van der Waals surface area contributed by atoms with Crippen LogP contribution in [-0.2, 0) is 35.7 Å². The van der Waals surface area contributed by atoms with E-state index in [4.69, 9.17) is 29.0 Å². The lowest BCUT2D eigenvalue weighted by Crippen LogP contribution is -2.40. The highest BCUT2D eigenvalue weighted by Gasteiger charge is 2.26. The highest BCUT2D eigenvalue weighted by atomic mass is 32.2. The first-order valence-electron chi connectivity index (χ1n) is 9.37. The molecule has 2 aromatic rings. The first-order valence-corrected chi connectivity index (χ1v) is 10.8. The number of ether oxygens (including phenoxy) is 1. The van der Waals surface area contributed by atoms with E-state index < -0.39 is 22.0 Å². The normalized spacial score (nSPS) is 14.1. The van der Waals surface area contributed by atoms with E-state index in [1.54, 1.807) is 24.5 Å². The number of carboxylic acid groups (broad SMARTS) is 2. The van der Waals surface area contributed by atoms with Crippen molar-refractivity contribution in [2.75, 3.05) is 38.2 Å². The van der Waals surface area contributed by atoms with E-state index in [2.05, 4.69) is 10.6 Å². The third-order valence-electron chi connectivity index (χ3n) is 4.09. The van der Waals surface area contributed by atoms with Gasteiger partial charge in [0.05, 0.1) is 37.5 Å². The smallest absolute Gasteiger partial charge is 0.414 e. The molecule has 1 aliphatic rings. The summed E-state index contributed by atoms with van der Waals surface area (Å²) in [4.78, 5) is 30.3. The van der Waals surface area contributed by atoms with Gasteiger partial charge in [0.25, 0.3) is 0 Å². The van der Waals surface area contributed by atoms with Crippen molar-refractivity contribution in [2.24, 2.45) is 0 Å². The number of amides is 1. The zero-order valence-corrected chi connectivity index (χ0v) is 17.7. The van der Waals surface area contributed by atoms with Crippen LogP contribution in [0.4, 0.5) is 5.69 Å². The van der Waals surface area contributed by atoms with Gasteiger partial charge in [-0.05, 0) is 36.4 Å². The first-order chi connectivity index (χ1) is 15.2. The Hall–Kier alpha value is -3.26. The molecular formula is C19H23N3O9S. The number of rotatable bonds is 7. The Kier molecular flexibility index (Phi) is 9.34. The van der Waals surface area contributed by atoms with Gasteiger partial charge >= 0.3 is 11.9 Å². The average molecular weight is 469 g/mol. The van der Waals surface area contributed by atoms with Gasteiger partial charge in [0.15, 0.2) is 0 Å². The minimum absolute atomic E-state index is 0.120. The standard InChI is InChI=1S/C17H21N3O5S.C2H2O4/c21-17(13-18-12-15-2-1-9-25-15)19-14-3-5-16(6-4-14)26(22,23)20-7-10-24-11-8-20;3-1(4)2(5)6/h1-6,9,18H,7-8,10-13H2,(H,19,21);(H,3,4)(H,5,6). The van der Waals surface area contributed by atoms with E-state index in [0.29, 0.717) is 38.5 Å². The molecule has 0 atom stereocenters. The molecular weight excluding hydrogens is 446 g/mol. The quantitative estimate of drug-likeness (QED) is 0.409. The SMILES string of the molecule is O=C(CNCc1ccco1)Nc1ccc(S(=O)(=O)N2CCOCC2)cc1.O=C(O)C(=O)O. The summed E-state index contributed by atoms with van der Waals surface area (Å²) in [6, 6.07) is 9.75. The van der Waals surface area contributed by atoms with Gasteiger partial charge in [0.2, 0.25) is 15.9 Å². The van der Waals surface area contributed by atoms with Gasteiger partial charge in [-0.15, -0.1) is 0 Å². The number of anilines is 1. The maximum atomic E-state index is 12.5. The molecule has 1 saturated heterocycles. The summed E-state index contributed by atoms with van der Waals surface area (Å²) < 4.78 is 36.8. The van der Waals surface area contributed by atoms with E-state index in [1.807, 2.05) is 6.07 Å². The second-order valence-corrected chi connectivity index (χ2v) is 8.32. The maximum Gasteiger partial charge on any atom is 0.414 e. The van der Waals surface area contributed by atoms with Crippen LogP contribution in [0.1, 0.15) is 5.76 Å². The second-order valence-electron chi connectivity index (χ2n) is 6.38. The Morgan fingerprint density at radius 2 is 1.62 bits per heavy atom. The van der Waals surface area contributed by atoms with Crippen LogP contribution >= 0.6 is 0 Å².